The Kier molecular flexibility index (Phi) is 8.69. The summed E-state index contributed by atoms with van der Waals surface area (Å²) in [5.74, 6) is 0.743. The van der Waals surface area contributed by atoms with Crippen molar-refractivity contribution in [3.63, 3.8) is 0 Å². The predicted octanol–water partition coefficient (Wildman–Crippen LogP) is 0.441. The quantitative estimate of drug-likeness (QED) is 0.517. The van der Waals surface area contributed by atoms with Crippen LogP contribution in [0.5, 0.6) is 5.75 Å². The summed E-state index contributed by atoms with van der Waals surface area (Å²) >= 11 is 0. The van der Waals surface area contributed by atoms with Crippen molar-refractivity contribution < 1.29 is 20.1 Å². The fourth-order valence-corrected chi connectivity index (χ4v) is 2.08. The van der Waals surface area contributed by atoms with Gasteiger partial charge in [-0.2, -0.15) is 0 Å². The van der Waals surface area contributed by atoms with E-state index in [1.807, 2.05) is 30.3 Å². The van der Waals surface area contributed by atoms with Gasteiger partial charge in [0, 0.05) is 19.6 Å². The molecule has 5 heteroatoms. The number of ether oxygens (including phenoxy) is 1. The first kappa shape index (κ1) is 17.7. The molecule has 0 fully saturated rings. The average Bonchev–Trinajstić information content (AvgIpc) is 2.47. The molecule has 0 bridgehead atoms. The summed E-state index contributed by atoms with van der Waals surface area (Å²) in [7, 11) is 0. The van der Waals surface area contributed by atoms with Crippen LogP contribution in [0.25, 0.3) is 0 Å². The van der Waals surface area contributed by atoms with Crippen LogP contribution >= 0.6 is 0 Å². The van der Waals surface area contributed by atoms with Crippen molar-refractivity contribution in [3.05, 3.63) is 42.5 Å². The van der Waals surface area contributed by atoms with Crippen molar-refractivity contribution >= 4 is 0 Å². The lowest BCUT2D eigenvalue weighted by atomic mass is 10.1. The molecule has 1 aromatic rings. The third-order valence-corrected chi connectivity index (χ3v) is 3.07. The Morgan fingerprint density at radius 3 is 2.48 bits per heavy atom. The maximum atomic E-state index is 10.0. The first-order chi connectivity index (χ1) is 10.2. The molecule has 0 radical (unpaired) electrons. The van der Waals surface area contributed by atoms with Crippen molar-refractivity contribution in [1.82, 2.24) is 4.90 Å². The molecule has 0 unspecified atom stereocenters. The largest absolute Gasteiger partial charge is 0.491 e. The van der Waals surface area contributed by atoms with Gasteiger partial charge < -0.3 is 20.1 Å². The van der Waals surface area contributed by atoms with Crippen LogP contribution in [0, 0.1) is 0 Å². The molecule has 0 amide bonds. The van der Waals surface area contributed by atoms with Gasteiger partial charge in [0.15, 0.2) is 0 Å². The van der Waals surface area contributed by atoms with Crippen molar-refractivity contribution in [2.45, 2.75) is 12.5 Å². The summed E-state index contributed by atoms with van der Waals surface area (Å²) in [6.07, 6.45) is 1.84. The van der Waals surface area contributed by atoms with E-state index in [4.69, 9.17) is 14.9 Å². The van der Waals surface area contributed by atoms with E-state index in [9.17, 15) is 5.11 Å². The predicted molar refractivity (Wildman–Crippen MR) is 82.5 cm³/mol. The van der Waals surface area contributed by atoms with E-state index in [-0.39, 0.29) is 19.8 Å². The molecule has 1 aromatic carbocycles. The highest BCUT2D eigenvalue weighted by Crippen LogP contribution is 2.18. The second-order valence-corrected chi connectivity index (χ2v) is 4.81. The summed E-state index contributed by atoms with van der Waals surface area (Å²) in [5.41, 5.74) is 1.03. The van der Waals surface area contributed by atoms with Crippen molar-refractivity contribution in [1.29, 1.82) is 0 Å². The van der Waals surface area contributed by atoms with Crippen LogP contribution in [0.1, 0.15) is 5.56 Å². The molecular weight excluding hydrogens is 270 g/mol. The lowest BCUT2D eigenvalue weighted by molar-refractivity contribution is 0.0550. The Morgan fingerprint density at radius 1 is 1.19 bits per heavy atom. The Labute approximate surface area is 126 Å². The minimum atomic E-state index is -0.681. The summed E-state index contributed by atoms with van der Waals surface area (Å²) in [6, 6.07) is 7.66. The molecule has 0 spiro atoms. The number of aliphatic hydroxyl groups is 3. The van der Waals surface area contributed by atoms with Gasteiger partial charge in [-0.1, -0.05) is 24.3 Å². The number of nitrogens with zero attached hydrogens (tertiary/aromatic N) is 1. The highest BCUT2D eigenvalue weighted by Gasteiger charge is 2.12. The van der Waals surface area contributed by atoms with Crippen molar-refractivity contribution in [2.75, 3.05) is 39.5 Å². The molecular formula is C16H25NO4. The highest BCUT2D eigenvalue weighted by molar-refractivity contribution is 5.34. The van der Waals surface area contributed by atoms with Crippen LogP contribution in [0.4, 0.5) is 0 Å². The second kappa shape index (κ2) is 10.3. The van der Waals surface area contributed by atoms with Gasteiger partial charge in [-0.15, -0.1) is 6.58 Å². The van der Waals surface area contributed by atoms with Gasteiger partial charge >= 0.3 is 0 Å². The zero-order valence-corrected chi connectivity index (χ0v) is 12.3. The van der Waals surface area contributed by atoms with E-state index < -0.39 is 6.10 Å². The lowest BCUT2D eigenvalue weighted by Crippen LogP contribution is -2.38. The molecule has 0 aliphatic heterocycles. The normalized spacial score (nSPS) is 12.4. The van der Waals surface area contributed by atoms with Crippen LogP contribution in [0.3, 0.4) is 0 Å². The van der Waals surface area contributed by atoms with Gasteiger partial charge in [0.2, 0.25) is 0 Å². The van der Waals surface area contributed by atoms with Crippen LogP contribution in [-0.4, -0.2) is 65.8 Å². The molecule has 21 heavy (non-hydrogen) atoms. The average molecular weight is 295 g/mol. The van der Waals surface area contributed by atoms with Crippen LogP contribution in [-0.2, 0) is 6.42 Å². The van der Waals surface area contributed by atoms with Gasteiger partial charge in [-0.3, -0.25) is 4.90 Å². The molecule has 5 nitrogen and oxygen atoms in total. The Morgan fingerprint density at radius 2 is 1.86 bits per heavy atom. The molecule has 0 aliphatic rings. The van der Waals surface area contributed by atoms with Gasteiger partial charge in [-0.25, -0.2) is 0 Å². The number of rotatable bonds is 11. The molecule has 0 saturated heterocycles. The summed E-state index contributed by atoms with van der Waals surface area (Å²) in [5, 5.41) is 27.9. The molecule has 0 saturated carbocycles. The van der Waals surface area contributed by atoms with Crippen LogP contribution < -0.4 is 4.74 Å². The third kappa shape index (κ3) is 6.73. The zero-order valence-electron chi connectivity index (χ0n) is 12.3. The van der Waals surface area contributed by atoms with Crippen molar-refractivity contribution in [3.8, 4) is 5.75 Å². The van der Waals surface area contributed by atoms with Gasteiger partial charge in [0.25, 0.3) is 0 Å². The smallest absolute Gasteiger partial charge is 0.122 e. The third-order valence-electron chi connectivity index (χ3n) is 3.07. The summed E-state index contributed by atoms with van der Waals surface area (Å²) < 4.78 is 5.66. The number of para-hydroxylation sites is 1. The maximum absolute atomic E-state index is 10.0. The van der Waals surface area contributed by atoms with Crippen molar-refractivity contribution in [2.24, 2.45) is 0 Å². The molecule has 118 valence electrons. The fourth-order valence-electron chi connectivity index (χ4n) is 2.08. The van der Waals surface area contributed by atoms with Gasteiger partial charge in [-0.05, 0) is 18.1 Å². The van der Waals surface area contributed by atoms with Crippen LogP contribution in [0.15, 0.2) is 36.9 Å². The number of allylic oxidation sites excluding steroid dienone is 1. The second-order valence-electron chi connectivity index (χ2n) is 4.81. The molecule has 0 aromatic heterocycles. The van der Waals surface area contributed by atoms with E-state index in [1.54, 1.807) is 4.90 Å². The monoisotopic (exact) mass is 295 g/mol. The standard InChI is InChI=1S/C16H25NO4/c1-2-5-14-6-3-4-7-16(14)21-13-15(20)12-17(8-10-18)9-11-19/h2-4,6-7,15,18-20H,1,5,8-13H2/t15-/m1/s1. The molecule has 1 atom stereocenters. The van der Waals surface area contributed by atoms with E-state index in [2.05, 4.69) is 6.58 Å². The number of benzene rings is 1. The molecule has 3 N–H and O–H groups in total. The highest BCUT2D eigenvalue weighted by atomic mass is 16.5. The maximum Gasteiger partial charge on any atom is 0.122 e. The first-order valence-corrected chi connectivity index (χ1v) is 7.15. The zero-order chi connectivity index (χ0) is 15.5. The lowest BCUT2D eigenvalue weighted by Gasteiger charge is -2.23. The number of aliphatic hydroxyl groups excluding tert-OH is 3. The van der Waals surface area contributed by atoms with E-state index in [0.29, 0.717) is 26.1 Å². The minimum Gasteiger partial charge on any atom is -0.491 e. The molecule has 0 heterocycles. The Balaban J connectivity index is 2.48. The molecule has 1 rings (SSSR count). The van der Waals surface area contributed by atoms with Crippen LogP contribution in [0.2, 0.25) is 0 Å². The Bertz CT molecular complexity index is 405. The van der Waals surface area contributed by atoms with Gasteiger partial charge in [0.05, 0.1) is 13.2 Å². The molecule has 0 aliphatic carbocycles. The fraction of sp³-hybridized carbons (Fsp3) is 0.500. The number of hydrogen-bond acceptors (Lipinski definition) is 5. The number of hydrogen-bond donors (Lipinski definition) is 3. The Hall–Kier alpha value is -1.40. The topological polar surface area (TPSA) is 73.2 Å². The summed E-state index contributed by atoms with van der Waals surface area (Å²) in [6.45, 7) is 5.07. The van der Waals surface area contributed by atoms with Gasteiger partial charge in [0.1, 0.15) is 18.5 Å². The minimum absolute atomic E-state index is 0.00422. The van der Waals surface area contributed by atoms with E-state index in [1.165, 1.54) is 0 Å². The SMILES string of the molecule is C=CCc1ccccc1OC[C@H](O)CN(CCO)CCO. The van der Waals surface area contributed by atoms with E-state index in [0.717, 1.165) is 11.3 Å². The summed E-state index contributed by atoms with van der Waals surface area (Å²) in [4.78, 5) is 1.80. The van der Waals surface area contributed by atoms with E-state index >= 15 is 0 Å². The first-order valence-electron chi connectivity index (χ1n) is 7.15.